The molecule has 188 valence electrons. The maximum Gasteiger partial charge on any atom is 0.224 e. The zero-order valence-electron chi connectivity index (χ0n) is 20.7. The number of rotatable bonds is 6. The van der Waals surface area contributed by atoms with Crippen LogP contribution in [0.25, 0.3) is 56.0 Å². The monoisotopic (exact) mass is 506 g/mol. The Labute approximate surface area is 216 Å². The number of aromatic amines is 2. The molecule has 6 rings (SSSR count). The Kier molecular flexibility index (Phi) is 5.83. The molecule has 38 heavy (non-hydrogen) atoms. The highest BCUT2D eigenvalue weighted by atomic mass is 19.1. The molecule has 3 N–H and O–H groups in total. The molecule has 0 saturated carbocycles. The maximum atomic E-state index is 13.9. The fraction of sp³-hybridized carbons (Fsp3) is 0.143. The van der Waals surface area contributed by atoms with Crippen molar-refractivity contribution >= 4 is 33.7 Å². The summed E-state index contributed by atoms with van der Waals surface area (Å²) in [4.78, 5) is 33.4. The van der Waals surface area contributed by atoms with E-state index in [2.05, 4.69) is 40.4 Å². The first kappa shape index (κ1) is 23.4. The van der Waals surface area contributed by atoms with Crippen molar-refractivity contribution in [3.8, 4) is 33.9 Å². The summed E-state index contributed by atoms with van der Waals surface area (Å²) in [7, 11) is 0. The molecule has 0 aliphatic rings. The minimum atomic E-state index is -0.316. The summed E-state index contributed by atoms with van der Waals surface area (Å²) in [5.74, 6) is 0.403. The number of nitrogens with one attached hydrogen (secondary N) is 3. The summed E-state index contributed by atoms with van der Waals surface area (Å²) < 4.78 is 13.9. The summed E-state index contributed by atoms with van der Waals surface area (Å²) in [5, 5.41) is 11.2. The van der Waals surface area contributed by atoms with E-state index < -0.39 is 0 Å². The molecule has 0 atom stereocenters. The highest BCUT2D eigenvalue weighted by Gasteiger charge is 2.17. The van der Waals surface area contributed by atoms with Gasteiger partial charge >= 0.3 is 0 Å². The molecule has 0 radical (unpaired) electrons. The van der Waals surface area contributed by atoms with E-state index in [0.717, 1.165) is 27.6 Å². The third-order valence-electron chi connectivity index (χ3n) is 6.11. The molecule has 10 heteroatoms. The Morgan fingerprint density at radius 1 is 1.05 bits per heavy atom. The number of aromatic nitrogens is 7. The molecule has 0 bridgehead atoms. The average Bonchev–Trinajstić information content (AvgIpc) is 3.52. The summed E-state index contributed by atoms with van der Waals surface area (Å²) in [6.07, 6.45) is 7.09. The van der Waals surface area contributed by atoms with Crippen LogP contribution in [0.4, 0.5) is 10.1 Å². The van der Waals surface area contributed by atoms with E-state index in [9.17, 15) is 9.18 Å². The van der Waals surface area contributed by atoms with Crippen molar-refractivity contribution in [3.63, 3.8) is 0 Å². The summed E-state index contributed by atoms with van der Waals surface area (Å²) >= 11 is 0. The van der Waals surface area contributed by atoms with Gasteiger partial charge in [-0.25, -0.2) is 14.4 Å². The Bertz CT molecular complexity index is 1810. The lowest BCUT2D eigenvalue weighted by Crippen LogP contribution is -2.13. The van der Waals surface area contributed by atoms with Crippen LogP contribution in [0.15, 0.2) is 67.3 Å². The Morgan fingerprint density at radius 3 is 2.79 bits per heavy atom. The van der Waals surface area contributed by atoms with E-state index in [4.69, 9.17) is 0 Å². The van der Waals surface area contributed by atoms with Crippen molar-refractivity contribution in [2.75, 3.05) is 5.32 Å². The standard InChI is InChI=1S/C28H23FN8O/c1-15(2)8-24(38)33-19-10-17(12-30-13-19)22-11-21-23(14-32-22)36-37-26(21)28-34-25-20(6-7-31-27(25)35-28)16-4-3-5-18(29)9-16/h3-7,9-15H,8H2,1-2H3,(H,33,38)(H,36,37)(H,31,34,35). The van der Waals surface area contributed by atoms with Crippen LogP contribution in [0.1, 0.15) is 20.3 Å². The lowest BCUT2D eigenvalue weighted by molar-refractivity contribution is -0.116. The lowest BCUT2D eigenvalue weighted by atomic mass is 10.1. The number of hydrogen-bond donors (Lipinski definition) is 3. The molecule has 0 aliphatic carbocycles. The van der Waals surface area contributed by atoms with E-state index in [1.54, 1.807) is 30.9 Å². The van der Waals surface area contributed by atoms with Gasteiger partial charge in [-0.1, -0.05) is 26.0 Å². The van der Waals surface area contributed by atoms with Crippen LogP contribution >= 0.6 is 0 Å². The van der Waals surface area contributed by atoms with Crippen molar-refractivity contribution in [1.82, 2.24) is 35.1 Å². The summed E-state index contributed by atoms with van der Waals surface area (Å²) in [5.41, 5.74) is 6.06. The van der Waals surface area contributed by atoms with Gasteiger partial charge in [-0.15, -0.1) is 0 Å². The lowest BCUT2D eigenvalue weighted by Gasteiger charge is -2.08. The molecule has 0 unspecified atom stereocenters. The fourth-order valence-electron chi connectivity index (χ4n) is 4.41. The zero-order chi connectivity index (χ0) is 26.2. The smallest absolute Gasteiger partial charge is 0.224 e. The van der Waals surface area contributed by atoms with Gasteiger partial charge < -0.3 is 10.3 Å². The van der Waals surface area contributed by atoms with Gasteiger partial charge in [0.25, 0.3) is 0 Å². The highest BCUT2D eigenvalue weighted by Crippen LogP contribution is 2.32. The Morgan fingerprint density at radius 2 is 1.95 bits per heavy atom. The topological polar surface area (TPSA) is 125 Å². The number of amides is 1. The van der Waals surface area contributed by atoms with Gasteiger partial charge in [-0.05, 0) is 41.8 Å². The molecule has 0 spiro atoms. The quantitative estimate of drug-likeness (QED) is 0.264. The number of hydrogen-bond acceptors (Lipinski definition) is 6. The van der Waals surface area contributed by atoms with Gasteiger partial charge in [-0.3, -0.25) is 19.9 Å². The maximum absolute atomic E-state index is 13.9. The molecule has 5 aromatic heterocycles. The number of nitrogens with zero attached hydrogens (tertiary/aromatic N) is 5. The molecular weight excluding hydrogens is 483 g/mol. The first-order valence-electron chi connectivity index (χ1n) is 12.1. The molecule has 1 aromatic carbocycles. The van der Waals surface area contributed by atoms with E-state index in [0.29, 0.717) is 40.5 Å². The van der Waals surface area contributed by atoms with Crippen LogP contribution in [-0.2, 0) is 4.79 Å². The van der Waals surface area contributed by atoms with Crippen molar-refractivity contribution in [3.05, 3.63) is 73.1 Å². The SMILES string of the molecule is CC(C)CC(=O)Nc1cncc(-c2cc3c(-c4nc5nccc(-c6cccc(F)c6)c5[nH]4)n[nH]c3cn2)c1. The first-order valence-corrected chi connectivity index (χ1v) is 12.1. The van der Waals surface area contributed by atoms with Crippen LogP contribution in [0.2, 0.25) is 0 Å². The van der Waals surface area contributed by atoms with Crippen LogP contribution in [-0.4, -0.2) is 41.0 Å². The number of halogens is 1. The largest absolute Gasteiger partial charge is 0.335 e. The molecule has 1 amide bonds. The van der Waals surface area contributed by atoms with Gasteiger partial charge in [0.15, 0.2) is 11.5 Å². The van der Waals surface area contributed by atoms with Gasteiger partial charge in [-0.2, -0.15) is 5.10 Å². The average molecular weight is 507 g/mol. The van der Waals surface area contributed by atoms with Crippen LogP contribution in [0.5, 0.6) is 0 Å². The second-order valence-electron chi connectivity index (χ2n) is 9.45. The van der Waals surface area contributed by atoms with E-state index in [-0.39, 0.29) is 17.6 Å². The number of carbonyl (C=O) groups excluding carboxylic acids is 1. The molecule has 0 fully saturated rings. The number of pyridine rings is 3. The predicted molar refractivity (Wildman–Crippen MR) is 143 cm³/mol. The minimum absolute atomic E-state index is 0.0596. The number of carbonyl (C=O) groups is 1. The number of H-pyrrole nitrogens is 2. The summed E-state index contributed by atoms with van der Waals surface area (Å²) in [6.45, 7) is 3.99. The molecule has 9 nitrogen and oxygen atoms in total. The summed E-state index contributed by atoms with van der Waals surface area (Å²) in [6, 6.07) is 12.0. The number of benzene rings is 1. The number of anilines is 1. The number of fused-ring (bicyclic) bond motifs is 2. The predicted octanol–water partition coefficient (Wildman–Crippen LogP) is 5.75. The van der Waals surface area contributed by atoms with Crippen LogP contribution in [0, 0.1) is 11.7 Å². The molecule has 5 heterocycles. The van der Waals surface area contributed by atoms with Gasteiger partial charge in [0.05, 0.1) is 34.8 Å². The van der Waals surface area contributed by atoms with Crippen molar-refractivity contribution < 1.29 is 9.18 Å². The van der Waals surface area contributed by atoms with E-state index in [1.165, 1.54) is 12.1 Å². The Balaban J connectivity index is 1.38. The molecular formula is C28H23FN8O. The third kappa shape index (κ3) is 4.47. The van der Waals surface area contributed by atoms with E-state index >= 15 is 0 Å². The zero-order valence-corrected chi connectivity index (χ0v) is 20.7. The Hall–Kier alpha value is -4.99. The second-order valence-corrected chi connectivity index (χ2v) is 9.45. The van der Waals surface area contributed by atoms with Gasteiger partial charge in [0.2, 0.25) is 5.91 Å². The van der Waals surface area contributed by atoms with E-state index in [1.807, 2.05) is 38.1 Å². The van der Waals surface area contributed by atoms with Gasteiger partial charge in [0, 0.05) is 35.3 Å². The third-order valence-corrected chi connectivity index (χ3v) is 6.11. The molecule has 0 aliphatic heterocycles. The van der Waals surface area contributed by atoms with Crippen LogP contribution < -0.4 is 5.32 Å². The van der Waals surface area contributed by atoms with Crippen molar-refractivity contribution in [1.29, 1.82) is 0 Å². The van der Waals surface area contributed by atoms with Crippen molar-refractivity contribution in [2.45, 2.75) is 20.3 Å². The number of imidazole rings is 1. The normalized spacial score (nSPS) is 11.5. The fourth-order valence-corrected chi connectivity index (χ4v) is 4.41. The molecule has 6 aromatic rings. The minimum Gasteiger partial charge on any atom is -0.335 e. The second kappa shape index (κ2) is 9.47. The van der Waals surface area contributed by atoms with Crippen LogP contribution in [0.3, 0.4) is 0 Å². The van der Waals surface area contributed by atoms with Crippen molar-refractivity contribution in [2.24, 2.45) is 5.92 Å². The molecule has 0 saturated heterocycles. The van der Waals surface area contributed by atoms with Gasteiger partial charge in [0.1, 0.15) is 11.5 Å². The highest BCUT2D eigenvalue weighted by molar-refractivity contribution is 5.97. The first-order chi connectivity index (χ1) is 18.4.